The molecule has 1 aliphatic heterocycles. The summed E-state index contributed by atoms with van der Waals surface area (Å²) in [7, 11) is 0. The average Bonchev–Trinajstić information content (AvgIpc) is 3.25. The van der Waals surface area contributed by atoms with Gasteiger partial charge < -0.3 is 0 Å². The highest BCUT2D eigenvalue weighted by molar-refractivity contribution is 8.01. The fraction of sp³-hybridized carbons (Fsp3) is 0.176. The molecule has 0 spiro atoms. The van der Waals surface area contributed by atoms with Gasteiger partial charge in [-0.05, 0) is 22.8 Å². The van der Waals surface area contributed by atoms with E-state index in [1.54, 1.807) is 16.7 Å². The maximum Gasteiger partial charge on any atom is 0.273 e. The van der Waals surface area contributed by atoms with Gasteiger partial charge in [0.2, 0.25) is 5.91 Å². The molecule has 1 amide bonds. The van der Waals surface area contributed by atoms with Crippen molar-refractivity contribution in [3.05, 3.63) is 71.8 Å². The quantitative estimate of drug-likeness (QED) is 0.792. The number of aromatic amines is 1. The van der Waals surface area contributed by atoms with Crippen LogP contribution in [0, 0.1) is 0 Å². The van der Waals surface area contributed by atoms with Crippen LogP contribution in [0.25, 0.3) is 0 Å². The van der Waals surface area contributed by atoms with Gasteiger partial charge in [-0.1, -0.05) is 65.8 Å². The van der Waals surface area contributed by atoms with Crippen molar-refractivity contribution in [2.75, 3.05) is 4.90 Å². The Morgan fingerprint density at radius 1 is 1.04 bits per heavy atom. The number of thioether (sulfide) groups is 1. The standard InChI is InChI=1S/C17H15N5OS/c23-15-14(11-12-7-3-1-4-8-12)24-16(13-9-5-2-6-10-13)22(15)17-18-20-21-19-17/h1-10,14,16H,11H2,(H,18,19,20,21)/t14-,16-/m1/s1. The molecule has 0 aliphatic carbocycles. The second-order valence-electron chi connectivity index (χ2n) is 5.50. The first-order chi connectivity index (χ1) is 11.8. The van der Waals surface area contributed by atoms with Gasteiger partial charge in [0.15, 0.2) is 0 Å². The maximum absolute atomic E-state index is 13.0. The van der Waals surface area contributed by atoms with Gasteiger partial charge in [0, 0.05) is 0 Å². The molecule has 2 aromatic carbocycles. The van der Waals surface area contributed by atoms with E-state index in [9.17, 15) is 4.79 Å². The summed E-state index contributed by atoms with van der Waals surface area (Å²) in [6.45, 7) is 0. The number of tetrazole rings is 1. The number of amides is 1. The molecule has 1 aromatic heterocycles. The molecule has 120 valence electrons. The van der Waals surface area contributed by atoms with Crippen molar-refractivity contribution in [2.24, 2.45) is 0 Å². The number of hydrogen-bond donors (Lipinski definition) is 1. The Kier molecular flexibility index (Phi) is 4.00. The molecule has 3 aromatic rings. The van der Waals surface area contributed by atoms with Crippen molar-refractivity contribution in [3.63, 3.8) is 0 Å². The highest BCUT2D eigenvalue weighted by Gasteiger charge is 2.43. The highest BCUT2D eigenvalue weighted by atomic mass is 32.2. The predicted octanol–water partition coefficient (Wildman–Crippen LogP) is 2.59. The molecule has 2 heterocycles. The van der Waals surface area contributed by atoms with Crippen LogP contribution in [0.1, 0.15) is 16.5 Å². The average molecular weight is 337 g/mol. The van der Waals surface area contributed by atoms with Crippen LogP contribution in [-0.4, -0.2) is 31.8 Å². The van der Waals surface area contributed by atoms with E-state index < -0.39 is 0 Å². The Morgan fingerprint density at radius 2 is 1.75 bits per heavy atom. The van der Waals surface area contributed by atoms with Gasteiger partial charge in [-0.15, -0.1) is 16.9 Å². The molecule has 0 unspecified atom stereocenters. The minimum Gasteiger partial charge on any atom is -0.273 e. The zero-order valence-electron chi connectivity index (χ0n) is 12.7. The lowest BCUT2D eigenvalue weighted by Crippen LogP contribution is -2.32. The number of rotatable bonds is 4. The van der Waals surface area contributed by atoms with Crippen molar-refractivity contribution < 1.29 is 4.79 Å². The molecule has 2 atom stereocenters. The largest absolute Gasteiger partial charge is 0.273 e. The molecule has 1 aliphatic rings. The highest BCUT2D eigenvalue weighted by Crippen LogP contribution is 2.45. The number of nitrogens with zero attached hydrogens (tertiary/aromatic N) is 4. The van der Waals surface area contributed by atoms with Gasteiger partial charge >= 0.3 is 0 Å². The van der Waals surface area contributed by atoms with E-state index in [0.717, 1.165) is 11.1 Å². The molecule has 0 radical (unpaired) electrons. The Labute approximate surface area is 143 Å². The van der Waals surface area contributed by atoms with Crippen LogP contribution < -0.4 is 4.90 Å². The van der Waals surface area contributed by atoms with E-state index in [-0.39, 0.29) is 16.5 Å². The molecule has 0 saturated carbocycles. The lowest BCUT2D eigenvalue weighted by atomic mass is 10.1. The Hall–Kier alpha value is -2.67. The first-order valence-electron chi connectivity index (χ1n) is 7.64. The minimum atomic E-state index is -0.170. The summed E-state index contributed by atoms with van der Waals surface area (Å²) in [6.07, 6.45) is 0.683. The topological polar surface area (TPSA) is 74.8 Å². The van der Waals surface area contributed by atoms with Crippen LogP contribution in [-0.2, 0) is 11.2 Å². The van der Waals surface area contributed by atoms with Gasteiger partial charge in [0.05, 0.1) is 5.25 Å². The molecule has 6 nitrogen and oxygen atoms in total. The normalized spacial score (nSPS) is 20.5. The number of aromatic nitrogens is 4. The third kappa shape index (κ3) is 2.78. The first-order valence-corrected chi connectivity index (χ1v) is 8.58. The number of carbonyl (C=O) groups excluding carboxylic acids is 1. The van der Waals surface area contributed by atoms with Crippen LogP contribution >= 0.6 is 11.8 Å². The molecule has 1 N–H and O–H groups in total. The maximum atomic E-state index is 13.0. The molecule has 24 heavy (non-hydrogen) atoms. The molecule has 0 bridgehead atoms. The summed E-state index contributed by atoms with van der Waals surface area (Å²) in [5, 5.41) is 13.7. The van der Waals surface area contributed by atoms with E-state index >= 15 is 0 Å². The predicted molar refractivity (Wildman–Crippen MR) is 92.4 cm³/mol. The second kappa shape index (κ2) is 6.45. The van der Waals surface area contributed by atoms with E-state index in [1.807, 2.05) is 60.7 Å². The molecule has 1 saturated heterocycles. The van der Waals surface area contributed by atoms with Gasteiger partial charge in [-0.2, -0.15) is 5.21 Å². The van der Waals surface area contributed by atoms with Gasteiger partial charge in [-0.3, -0.25) is 9.69 Å². The summed E-state index contributed by atoms with van der Waals surface area (Å²) in [5.74, 6) is 0.330. The van der Waals surface area contributed by atoms with Crippen LogP contribution in [0.2, 0.25) is 0 Å². The number of carbonyl (C=O) groups is 1. The monoisotopic (exact) mass is 337 g/mol. The second-order valence-corrected chi connectivity index (χ2v) is 6.79. The first kappa shape index (κ1) is 14.9. The summed E-state index contributed by atoms with van der Waals surface area (Å²) >= 11 is 1.63. The number of benzene rings is 2. The fourth-order valence-corrected chi connectivity index (χ4v) is 4.28. The number of H-pyrrole nitrogens is 1. The third-order valence-corrected chi connectivity index (χ3v) is 5.38. The molecular weight excluding hydrogens is 322 g/mol. The summed E-state index contributed by atoms with van der Waals surface area (Å²) in [5.41, 5.74) is 2.20. The van der Waals surface area contributed by atoms with Crippen molar-refractivity contribution in [1.29, 1.82) is 0 Å². The number of hydrogen-bond acceptors (Lipinski definition) is 5. The van der Waals surface area contributed by atoms with E-state index in [1.165, 1.54) is 0 Å². The summed E-state index contributed by atoms with van der Waals surface area (Å²) < 4.78 is 0. The van der Waals surface area contributed by atoms with E-state index in [4.69, 9.17) is 0 Å². The Morgan fingerprint density at radius 3 is 2.42 bits per heavy atom. The van der Waals surface area contributed by atoms with Crippen LogP contribution in [0.4, 0.5) is 5.95 Å². The molecule has 1 fully saturated rings. The smallest absolute Gasteiger partial charge is 0.273 e. The van der Waals surface area contributed by atoms with Gasteiger partial charge in [0.1, 0.15) is 5.37 Å². The molecule has 7 heteroatoms. The minimum absolute atomic E-state index is 0.0131. The summed E-state index contributed by atoms with van der Waals surface area (Å²) in [6, 6.07) is 20.0. The fourth-order valence-electron chi connectivity index (χ4n) is 2.82. The van der Waals surface area contributed by atoms with Crippen molar-refractivity contribution in [1.82, 2.24) is 20.6 Å². The van der Waals surface area contributed by atoms with Crippen LogP contribution in [0.3, 0.4) is 0 Å². The third-order valence-electron chi connectivity index (χ3n) is 3.94. The van der Waals surface area contributed by atoms with Gasteiger partial charge in [0.25, 0.3) is 5.95 Å². The molecular formula is C17H15N5OS. The van der Waals surface area contributed by atoms with Crippen LogP contribution in [0.15, 0.2) is 60.7 Å². The van der Waals surface area contributed by atoms with Crippen molar-refractivity contribution in [2.45, 2.75) is 17.0 Å². The van der Waals surface area contributed by atoms with Crippen molar-refractivity contribution >= 4 is 23.6 Å². The summed E-state index contributed by atoms with van der Waals surface area (Å²) in [4.78, 5) is 14.6. The van der Waals surface area contributed by atoms with E-state index in [2.05, 4.69) is 20.6 Å². The van der Waals surface area contributed by atoms with Crippen molar-refractivity contribution in [3.8, 4) is 0 Å². The Bertz CT molecular complexity index is 810. The van der Waals surface area contributed by atoms with Crippen LogP contribution in [0.5, 0.6) is 0 Å². The Balaban J connectivity index is 1.66. The zero-order valence-corrected chi connectivity index (χ0v) is 13.6. The number of anilines is 1. The van der Waals surface area contributed by atoms with E-state index in [0.29, 0.717) is 12.4 Å². The number of nitrogens with one attached hydrogen (secondary N) is 1. The molecule has 4 rings (SSSR count). The lowest BCUT2D eigenvalue weighted by molar-refractivity contribution is -0.117. The lowest BCUT2D eigenvalue weighted by Gasteiger charge is -2.19. The van der Waals surface area contributed by atoms with Gasteiger partial charge in [-0.25, -0.2) is 0 Å². The SMILES string of the molecule is O=C1[C@@H](Cc2ccccc2)S[C@H](c2ccccc2)N1c1nn[nH]n1. The zero-order chi connectivity index (χ0) is 16.4.